The Labute approximate surface area is 201 Å². The molecule has 2 aromatic carbocycles. The first kappa shape index (κ1) is 26.0. The van der Waals surface area contributed by atoms with Crippen LogP contribution in [0.5, 0.6) is 5.75 Å². The number of hydrogen-bond acceptors (Lipinski definition) is 3. The molecule has 0 saturated carbocycles. The normalized spacial score (nSPS) is 11.6. The fourth-order valence-electron chi connectivity index (χ4n) is 3.35. The molecule has 174 valence electrons. The Kier molecular flexibility index (Phi) is 11.4. The Morgan fingerprint density at radius 1 is 1.00 bits per heavy atom. The second kappa shape index (κ2) is 14.0. The van der Waals surface area contributed by atoms with Gasteiger partial charge >= 0.3 is 0 Å². The summed E-state index contributed by atoms with van der Waals surface area (Å²) in [6.07, 6.45) is 3.16. The predicted octanol–water partition coefficient (Wildman–Crippen LogP) is 5.88. The van der Waals surface area contributed by atoms with Crippen LogP contribution in [-0.4, -0.2) is 35.9 Å². The molecule has 0 aliphatic rings. The zero-order valence-electron chi connectivity index (χ0n) is 18.8. The van der Waals surface area contributed by atoms with Gasteiger partial charge in [0, 0.05) is 35.1 Å². The van der Waals surface area contributed by atoms with Gasteiger partial charge in [-0.1, -0.05) is 67.7 Å². The molecule has 32 heavy (non-hydrogen) atoms. The van der Waals surface area contributed by atoms with Gasteiger partial charge in [-0.25, -0.2) is 0 Å². The summed E-state index contributed by atoms with van der Waals surface area (Å²) in [6, 6.07) is 14.1. The number of rotatable bonds is 13. The van der Waals surface area contributed by atoms with Gasteiger partial charge in [0.15, 0.2) is 0 Å². The van der Waals surface area contributed by atoms with E-state index in [1.54, 1.807) is 23.1 Å². The third kappa shape index (κ3) is 8.03. The van der Waals surface area contributed by atoms with Crippen LogP contribution in [0.1, 0.15) is 51.5 Å². The van der Waals surface area contributed by atoms with Crippen LogP contribution >= 0.6 is 23.2 Å². The van der Waals surface area contributed by atoms with E-state index < -0.39 is 6.04 Å². The highest BCUT2D eigenvalue weighted by molar-refractivity contribution is 6.36. The molecule has 2 rings (SSSR count). The lowest BCUT2D eigenvalue weighted by Gasteiger charge is -2.31. The summed E-state index contributed by atoms with van der Waals surface area (Å²) in [6.45, 7) is 5.14. The van der Waals surface area contributed by atoms with Gasteiger partial charge in [-0.2, -0.15) is 0 Å². The predicted molar refractivity (Wildman–Crippen MR) is 130 cm³/mol. The van der Waals surface area contributed by atoms with Crippen molar-refractivity contribution in [1.29, 1.82) is 0 Å². The van der Waals surface area contributed by atoms with E-state index in [0.29, 0.717) is 41.6 Å². The number of carbonyl (C=O) groups is 2. The minimum atomic E-state index is -0.596. The maximum absolute atomic E-state index is 13.2. The van der Waals surface area contributed by atoms with E-state index in [0.717, 1.165) is 18.6 Å². The molecular formula is C25H32Cl2N2O3. The van der Waals surface area contributed by atoms with Crippen molar-refractivity contribution in [1.82, 2.24) is 10.2 Å². The SMILES string of the molecule is CCCCNC(=O)[C@@H](CC)N(Cc1c(Cl)cccc1Cl)C(=O)CCCOc1ccccc1. The van der Waals surface area contributed by atoms with Crippen molar-refractivity contribution >= 4 is 35.0 Å². The highest BCUT2D eigenvalue weighted by Crippen LogP contribution is 2.27. The monoisotopic (exact) mass is 478 g/mol. The first-order valence-corrected chi connectivity index (χ1v) is 11.9. The molecule has 1 N–H and O–H groups in total. The summed E-state index contributed by atoms with van der Waals surface area (Å²) in [7, 11) is 0. The standard InChI is InChI=1S/C25H32Cl2N2O3/c1-3-5-16-28-25(31)23(4-2)29(18-20-21(26)13-9-14-22(20)27)24(30)15-10-17-32-19-11-7-6-8-12-19/h6-9,11-14,23H,3-5,10,15-18H2,1-2H3,(H,28,31)/t23-/m1/s1. The van der Waals surface area contributed by atoms with E-state index in [1.807, 2.05) is 37.3 Å². The van der Waals surface area contributed by atoms with Crippen molar-refractivity contribution in [2.45, 2.75) is 58.5 Å². The molecule has 0 radical (unpaired) electrons. The number of carbonyl (C=O) groups excluding carboxylic acids is 2. The quantitative estimate of drug-likeness (QED) is 0.365. The minimum absolute atomic E-state index is 0.130. The van der Waals surface area contributed by atoms with Crippen LogP contribution in [0.3, 0.4) is 0 Å². The molecule has 0 aromatic heterocycles. The van der Waals surface area contributed by atoms with E-state index in [9.17, 15) is 9.59 Å². The van der Waals surface area contributed by atoms with Gasteiger partial charge in [0.1, 0.15) is 11.8 Å². The van der Waals surface area contributed by atoms with Crippen LogP contribution < -0.4 is 10.1 Å². The number of benzene rings is 2. The van der Waals surface area contributed by atoms with Crippen LogP contribution in [0.15, 0.2) is 48.5 Å². The number of nitrogens with one attached hydrogen (secondary N) is 1. The number of hydrogen-bond donors (Lipinski definition) is 1. The first-order valence-electron chi connectivity index (χ1n) is 11.2. The summed E-state index contributed by atoms with van der Waals surface area (Å²) in [5.41, 5.74) is 0.643. The number of para-hydroxylation sites is 1. The Bertz CT molecular complexity index is 841. The third-order valence-corrected chi connectivity index (χ3v) is 5.86. The number of nitrogens with zero attached hydrogens (tertiary/aromatic N) is 1. The lowest BCUT2D eigenvalue weighted by molar-refractivity contribution is -0.141. The Morgan fingerprint density at radius 3 is 2.31 bits per heavy atom. The van der Waals surface area contributed by atoms with Crippen molar-refractivity contribution in [3.63, 3.8) is 0 Å². The van der Waals surface area contributed by atoms with E-state index in [1.165, 1.54) is 0 Å². The molecule has 0 saturated heterocycles. The van der Waals surface area contributed by atoms with Crippen LogP contribution in [0.25, 0.3) is 0 Å². The number of halogens is 2. The zero-order valence-corrected chi connectivity index (χ0v) is 20.3. The molecule has 1 atom stereocenters. The molecule has 0 unspecified atom stereocenters. The molecular weight excluding hydrogens is 447 g/mol. The summed E-state index contributed by atoms with van der Waals surface area (Å²) in [5, 5.41) is 3.90. The number of amides is 2. The molecule has 0 heterocycles. The van der Waals surface area contributed by atoms with Crippen LogP contribution in [0.2, 0.25) is 10.0 Å². The smallest absolute Gasteiger partial charge is 0.242 e. The molecule has 5 nitrogen and oxygen atoms in total. The highest BCUT2D eigenvalue weighted by atomic mass is 35.5. The van der Waals surface area contributed by atoms with Gasteiger partial charge < -0.3 is 15.0 Å². The molecule has 0 aliphatic heterocycles. The van der Waals surface area contributed by atoms with Gasteiger partial charge in [0.05, 0.1) is 6.61 Å². The van der Waals surface area contributed by atoms with Crippen molar-refractivity contribution in [2.24, 2.45) is 0 Å². The fourth-order valence-corrected chi connectivity index (χ4v) is 3.87. The summed E-state index contributed by atoms with van der Waals surface area (Å²) < 4.78 is 5.70. The van der Waals surface area contributed by atoms with Gasteiger partial charge in [-0.3, -0.25) is 9.59 Å². The number of unbranched alkanes of at least 4 members (excludes halogenated alkanes) is 1. The molecule has 0 bridgehead atoms. The van der Waals surface area contributed by atoms with Gasteiger partial charge in [0.25, 0.3) is 0 Å². The topological polar surface area (TPSA) is 58.6 Å². The summed E-state index contributed by atoms with van der Waals surface area (Å²) in [4.78, 5) is 27.7. The van der Waals surface area contributed by atoms with Crippen molar-refractivity contribution < 1.29 is 14.3 Å². The molecule has 0 aliphatic carbocycles. The second-order valence-corrected chi connectivity index (χ2v) is 8.37. The van der Waals surface area contributed by atoms with E-state index in [-0.39, 0.29) is 24.8 Å². The fraction of sp³-hybridized carbons (Fsp3) is 0.440. The molecule has 0 spiro atoms. The Morgan fingerprint density at radius 2 is 1.69 bits per heavy atom. The molecule has 2 amide bonds. The van der Waals surface area contributed by atoms with E-state index >= 15 is 0 Å². The molecule has 2 aromatic rings. The molecule has 0 fully saturated rings. The highest BCUT2D eigenvalue weighted by Gasteiger charge is 2.29. The molecule has 7 heteroatoms. The first-order chi connectivity index (χ1) is 15.5. The van der Waals surface area contributed by atoms with Crippen LogP contribution in [-0.2, 0) is 16.1 Å². The Balaban J connectivity index is 2.10. The lowest BCUT2D eigenvalue weighted by Crippen LogP contribution is -2.49. The lowest BCUT2D eigenvalue weighted by atomic mass is 10.1. The average Bonchev–Trinajstić information content (AvgIpc) is 2.79. The average molecular weight is 479 g/mol. The minimum Gasteiger partial charge on any atom is -0.494 e. The van der Waals surface area contributed by atoms with Gasteiger partial charge in [-0.15, -0.1) is 0 Å². The van der Waals surface area contributed by atoms with Crippen molar-refractivity contribution in [3.05, 3.63) is 64.1 Å². The largest absolute Gasteiger partial charge is 0.494 e. The summed E-state index contributed by atoms with van der Waals surface area (Å²) in [5.74, 6) is 0.481. The van der Waals surface area contributed by atoms with Crippen LogP contribution in [0.4, 0.5) is 0 Å². The van der Waals surface area contributed by atoms with E-state index in [2.05, 4.69) is 12.2 Å². The Hall–Kier alpha value is -2.24. The van der Waals surface area contributed by atoms with E-state index in [4.69, 9.17) is 27.9 Å². The third-order valence-electron chi connectivity index (χ3n) is 5.15. The number of ether oxygens (including phenoxy) is 1. The van der Waals surface area contributed by atoms with Crippen molar-refractivity contribution in [3.8, 4) is 5.75 Å². The maximum atomic E-state index is 13.2. The van der Waals surface area contributed by atoms with Crippen LogP contribution in [0, 0.1) is 0 Å². The second-order valence-electron chi connectivity index (χ2n) is 7.56. The maximum Gasteiger partial charge on any atom is 0.242 e. The summed E-state index contributed by atoms with van der Waals surface area (Å²) >= 11 is 12.7. The zero-order chi connectivity index (χ0) is 23.3. The van der Waals surface area contributed by atoms with Gasteiger partial charge in [0.2, 0.25) is 11.8 Å². The van der Waals surface area contributed by atoms with Gasteiger partial charge in [-0.05, 0) is 43.5 Å². The van der Waals surface area contributed by atoms with Crippen molar-refractivity contribution in [2.75, 3.05) is 13.2 Å².